The van der Waals surface area contributed by atoms with E-state index in [1.165, 1.54) is 0 Å². The molecule has 2 rings (SSSR count). The molecular weight excluding hydrogens is 250 g/mol. The number of rotatable bonds is 5. The van der Waals surface area contributed by atoms with E-state index in [-0.39, 0.29) is 5.91 Å². The summed E-state index contributed by atoms with van der Waals surface area (Å²) in [6.07, 6.45) is 4.45. The Balaban J connectivity index is 2.09. The average Bonchev–Trinajstić information content (AvgIpc) is 2.87. The Labute approximate surface area is 119 Å². The molecule has 1 N–H and O–H groups in total. The first kappa shape index (κ1) is 14.1. The lowest BCUT2D eigenvalue weighted by Crippen LogP contribution is -2.16. The predicted octanol–water partition coefficient (Wildman–Crippen LogP) is 3.23. The second kappa shape index (κ2) is 6.70. The quantitative estimate of drug-likeness (QED) is 0.847. The highest BCUT2D eigenvalue weighted by Gasteiger charge is 2.08. The van der Waals surface area contributed by atoms with Crippen LogP contribution in [0.5, 0.6) is 0 Å². The van der Waals surface area contributed by atoms with Gasteiger partial charge in [-0.1, -0.05) is 43.3 Å². The van der Waals surface area contributed by atoms with Gasteiger partial charge in [0.05, 0.1) is 12.7 Å². The molecule has 1 heterocycles. The van der Waals surface area contributed by atoms with Crippen molar-refractivity contribution in [3.63, 3.8) is 0 Å². The van der Waals surface area contributed by atoms with E-state index in [1.54, 1.807) is 16.9 Å². The minimum absolute atomic E-state index is 0.0818. The number of amides is 1. The first-order valence-corrected chi connectivity index (χ1v) is 6.74. The third-order valence-corrected chi connectivity index (χ3v) is 3.00. The Morgan fingerprint density at radius 2 is 2.05 bits per heavy atom. The van der Waals surface area contributed by atoms with E-state index in [4.69, 9.17) is 0 Å². The summed E-state index contributed by atoms with van der Waals surface area (Å²) in [5.74, 6) is 0.629. The normalized spacial score (nSPS) is 11.4. The van der Waals surface area contributed by atoms with Crippen molar-refractivity contribution in [2.75, 3.05) is 5.32 Å². The highest BCUT2D eigenvalue weighted by atomic mass is 16.1. The van der Waals surface area contributed by atoms with Crippen LogP contribution in [0.25, 0.3) is 0 Å². The van der Waals surface area contributed by atoms with Crippen LogP contribution in [0.1, 0.15) is 25.8 Å². The lowest BCUT2D eigenvalue weighted by Gasteiger charge is -2.09. The topological polar surface area (TPSA) is 46.9 Å². The minimum Gasteiger partial charge on any atom is -0.307 e. The maximum Gasteiger partial charge on any atom is 0.252 e. The molecule has 0 aliphatic rings. The Morgan fingerprint density at radius 1 is 1.30 bits per heavy atom. The van der Waals surface area contributed by atoms with Crippen LogP contribution in [0.2, 0.25) is 0 Å². The monoisotopic (exact) mass is 269 g/mol. The number of allylic oxidation sites excluding steroid dienone is 1. The van der Waals surface area contributed by atoms with Gasteiger partial charge in [-0.2, -0.15) is 5.10 Å². The van der Waals surface area contributed by atoms with Gasteiger partial charge in [-0.25, -0.2) is 4.68 Å². The Bertz CT molecular complexity index is 599. The summed E-state index contributed by atoms with van der Waals surface area (Å²) in [6, 6.07) is 11.8. The van der Waals surface area contributed by atoms with E-state index in [0.717, 1.165) is 17.6 Å². The Kier molecular flexibility index (Phi) is 4.71. The second-order valence-electron chi connectivity index (χ2n) is 4.61. The van der Waals surface area contributed by atoms with Crippen molar-refractivity contribution in [1.82, 2.24) is 9.78 Å². The van der Waals surface area contributed by atoms with Gasteiger partial charge in [0.25, 0.3) is 5.91 Å². The first-order valence-electron chi connectivity index (χ1n) is 6.74. The van der Waals surface area contributed by atoms with Crippen LogP contribution >= 0.6 is 0 Å². The minimum atomic E-state index is -0.0818. The number of aromatic nitrogens is 2. The molecular formula is C16H19N3O. The number of benzene rings is 1. The van der Waals surface area contributed by atoms with Gasteiger partial charge in [0.2, 0.25) is 0 Å². The third kappa shape index (κ3) is 3.57. The van der Waals surface area contributed by atoms with Crippen molar-refractivity contribution in [2.45, 2.75) is 26.8 Å². The number of anilines is 1. The van der Waals surface area contributed by atoms with Crippen molar-refractivity contribution in [2.24, 2.45) is 0 Å². The van der Waals surface area contributed by atoms with Crippen LogP contribution in [-0.2, 0) is 11.3 Å². The van der Waals surface area contributed by atoms with Crippen molar-refractivity contribution in [1.29, 1.82) is 0 Å². The van der Waals surface area contributed by atoms with Gasteiger partial charge in [0, 0.05) is 11.6 Å². The van der Waals surface area contributed by atoms with Gasteiger partial charge in [-0.05, 0) is 18.9 Å². The highest BCUT2D eigenvalue weighted by Crippen LogP contribution is 2.11. The summed E-state index contributed by atoms with van der Waals surface area (Å²) >= 11 is 0. The van der Waals surface area contributed by atoms with E-state index in [0.29, 0.717) is 12.4 Å². The molecule has 0 aliphatic heterocycles. The van der Waals surface area contributed by atoms with E-state index in [2.05, 4.69) is 10.4 Å². The molecule has 1 aromatic heterocycles. The molecule has 0 fully saturated rings. The van der Waals surface area contributed by atoms with E-state index < -0.39 is 0 Å². The molecule has 0 unspecified atom stereocenters. The zero-order valence-corrected chi connectivity index (χ0v) is 11.8. The molecule has 0 radical (unpaired) electrons. The van der Waals surface area contributed by atoms with Crippen molar-refractivity contribution in [3.8, 4) is 0 Å². The van der Waals surface area contributed by atoms with Crippen LogP contribution < -0.4 is 5.32 Å². The summed E-state index contributed by atoms with van der Waals surface area (Å²) in [5.41, 5.74) is 1.87. The lowest BCUT2D eigenvalue weighted by molar-refractivity contribution is -0.112. The number of nitrogens with zero attached hydrogens (tertiary/aromatic N) is 2. The molecule has 104 valence electrons. The molecule has 4 nitrogen and oxygen atoms in total. The van der Waals surface area contributed by atoms with Crippen LogP contribution in [0, 0.1) is 0 Å². The second-order valence-corrected chi connectivity index (χ2v) is 4.61. The fraction of sp³-hybridized carbons (Fsp3) is 0.250. The molecule has 4 heteroatoms. The van der Waals surface area contributed by atoms with Gasteiger partial charge in [0.1, 0.15) is 5.82 Å². The molecule has 0 saturated heterocycles. The standard InChI is InChI=1S/C16H19N3O/c1-3-7-13(2)16(20)18-15-10-11-17-19(15)12-14-8-5-4-6-9-14/h4-11H,3,12H2,1-2H3,(H,18,20)/b13-7-. The van der Waals surface area contributed by atoms with Crippen LogP contribution in [-0.4, -0.2) is 15.7 Å². The van der Waals surface area contributed by atoms with Crippen LogP contribution in [0.4, 0.5) is 5.82 Å². The molecule has 0 bridgehead atoms. The molecule has 2 aromatic rings. The van der Waals surface area contributed by atoms with Crippen molar-refractivity contribution >= 4 is 11.7 Å². The van der Waals surface area contributed by atoms with E-state index in [9.17, 15) is 4.79 Å². The Morgan fingerprint density at radius 3 is 2.75 bits per heavy atom. The zero-order chi connectivity index (χ0) is 14.4. The lowest BCUT2D eigenvalue weighted by atomic mass is 10.2. The van der Waals surface area contributed by atoms with Gasteiger partial charge in [-0.15, -0.1) is 0 Å². The summed E-state index contributed by atoms with van der Waals surface area (Å²) in [6.45, 7) is 4.47. The van der Waals surface area contributed by atoms with Gasteiger partial charge in [-0.3, -0.25) is 4.79 Å². The van der Waals surface area contributed by atoms with Crippen LogP contribution in [0.15, 0.2) is 54.2 Å². The average molecular weight is 269 g/mol. The summed E-state index contributed by atoms with van der Waals surface area (Å²) in [7, 11) is 0. The highest BCUT2D eigenvalue weighted by molar-refractivity contribution is 6.02. The summed E-state index contributed by atoms with van der Waals surface area (Å²) in [5, 5.41) is 7.14. The summed E-state index contributed by atoms with van der Waals surface area (Å²) < 4.78 is 1.78. The predicted molar refractivity (Wildman–Crippen MR) is 80.4 cm³/mol. The number of nitrogens with one attached hydrogen (secondary N) is 1. The van der Waals surface area contributed by atoms with Gasteiger partial charge < -0.3 is 5.32 Å². The summed E-state index contributed by atoms with van der Waals surface area (Å²) in [4.78, 5) is 12.0. The largest absolute Gasteiger partial charge is 0.307 e. The zero-order valence-electron chi connectivity index (χ0n) is 11.8. The van der Waals surface area contributed by atoms with Crippen molar-refractivity contribution in [3.05, 3.63) is 59.8 Å². The molecule has 0 atom stereocenters. The third-order valence-electron chi connectivity index (χ3n) is 3.00. The Hall–Kier alpha value is -2.36. The fourth-order valence-electron chi connectivity index (χ4n) is 1.93. The number of carbonyl (C=O) groups excluding carboxylic acids is 1. The maximum atomic E-state index is 12.0. The maximum absolute atomic E-state index is 12.0. The molecule has 1 aromatic carbocycles. The van der Waals surface area contributed by atoms with Gasteiger partial charge >= 0.3 is 0 Å². The molecule has 1 amide bonds. The van der Waals surface area contributed by atoms with Crippen molar-refractivity contribution < 1.29 is 4.79 Å². The smallest absolute Gasteiger partial charge is 0.252 e. The van der Waals surface area contributed by atoms with Gasteiger partial charge in [0.15, 0.2) is 0 Å². The molecule has 0 aliphatic carbocycles. The molecule has 0 spiro atoms. The first-order chi connectivity index (χ1) is 9.70. The molecule has 0 saturated carbocycles. The number of hydrogen-bond donors (Lipinski definition) is 1. The van der Waals surface area contributed by atoms with Crippen LogP contribution in [0.3, 0.4) is 0 Å². The number of carbonyl (C=O) groups is 1. The molecule has 20 heavy (non-hydrogen) atoms. The van der Waals surface area contributed by atoms with E-state index >= 15 is 0 Å². The fourth-order valence-corrected chi connectivity index (χ4v) is 1.93. The SMILES string of the molecule is CC/C=C(/C)C(=O)Nc1ccnn1Cc1ccccc1. The van der Waals surface area contributed by atoms with E-state index in [1.807, 2.05) is 50.3 Å². The number of hydrogen-bond acceptors (Lipinski definition) is 2.